The van der Waals surface area contributed by atoms with E-state index < -0.39 is 0 Å². The van der Waals surface area contributed by atoms with Crippen molar-refractivity contribution in [2.24, 2.45) is 0 Å². The highest BCUT2D eigenvalue weighted by atomic mass is 16.5. The van der Waals surface area contributed by atoms with Gasteiger partial charge >= 0.3 is 0 Å². The fraction of sp³-hybridized carbons (Fsp3) is 0.182. The Morgan fingerprint density at radius 3 is 2.69 bits per heavy atom. The molecular weight excluding hydrogens is 324 g/mol. The summed E-state index contributed by atoms with van der Waals surface area (Å²) in [7, 11) is 0. The van der Waals surface area contributed by atoms with Crippen LogP contribution in [0.25, 0.3) is 6.08 Å². The normalized spacial score (nSPS) is 15.0. The van der Waals surface area contributed by atoms with E-state index in [9.17, 15) is 4.79 Å². The number of ether oxygens (including phenoxy) is 1. The zero-order chi connectivity index (χ0) is 18.1. The SMILES string of the molecule is Cc1ccc(C)c2c1OC/C(=C/c1cnn(Cc3ccccc3)c1)C2=O. The number of nitrogens with zero attached hydrogens (tertiary/aromatic N) is 2. The molecule has 0 aliphatic carbocycles. The minimum atomic E-state index is 0.0447. The van der Waals surface area contributed by atoms with Crippen molar-refractivity contribution in [1.82, 2.24) is 9.78 Å². The largest absolute Gasteiger partial charge is 0.488 e. The quantitative estimate of drug-likeness (QED) is 0.669. The summed E-state index contributed by atoms with van der Waals surface area (Å²) in [5.74, 6) is 0.759. The number of aryl methyl sites for hydroxylation is 2. The molecule has 1 aliphatic heterocycles. The highest BCUT2D eigenvalue weighted by molar-refractivity contribution is 6.15. The second kappa shape index (κ2) is 6.64. The molecule has 0 unspecified atom stereocenters. The van der Waals surface area contributed by atoms with Crippen LogP contribution in [-0.4, -0.2) is 22.2 Å². The van der Waals surface area contributed by atoms with Gasteiger partial charge in [0.1, 0.15) is 12.4 Å². The van der Waals surface area contributed by atoms with Crippen LogP contribution < -0.4 is 4.74 Å². The van der Waals surface area contributed by atoms with Gasteiger partial charge in [-0.05, 0) is 36.6 Å². The molecule has 0 bridgehead atoms. The molecule has 1 aromatic heterocycles. The lowest BCUT2D eigenvalue weighted by Gasteiger charge is -2.22. The Bertz CT molecular complexity index is 1000. The third-order valence-electron chi connectivity index (χ3n) is 4.64. The van der Waals surface area contributed by atoms with Gasteiger partial charge in [0, 0.05) is 17.3 Å². The van der Waals surface area contributed by atoms with E-state index in [1.165, 1.54) is 5.56 Å². The summed E-state index contributed by atoms with van der Waals surface area (Å²) in [4.78, 5) is 12.9. The van der Waals surface area contributed by atoms with Gasteiger partial charge in [0.2, 0.25) is 0 Å². The van der Waals surface area contributed by atoms with Crippen LogP contribution in [0.1, 0.15) is 32.6 Å². The van der Waals surface area contributed by atoms with Crippen molar-refractivity contribution in [3.8, 4) is 5.75 Å². The number of aromatic nitrogens is 2. The maximum absolute atomic E-state index is 12.9. The maximum Gasteiger partial charge on any atom is 0.196 e. The number of hydrogen-bond acceptors (Lipinski definition) is 3. The second-order valence-corrected chi connectivity index (χ2v) is 6.65. The molecule has 26 heavy (non-hydrogen) atoms. The van der Waals surface area contributed by atoms with Gasteiger partial charge in [0.15, 0.2) is 5.78 Å². The first-order valence-electron chi connectivity index (χ1n) is 8.66. The van der Waals surface area contributed by atoms with Crippen LogP contribution in [0.5, 0.6) is 5.75 Å². The van der Waals surface area contributed by atoms with Gasteiger partial charge in [0.25, 0.3) is 0 Å². The van der Waals surface area contributed by atoms with Crippen molar-refractivity contribution >= 4 is 11.9 Å². The first kappa shape index (κ1) is 16.3. The van der Waals surface area contributed by atoms with E-state index in [0.29, 0.717) is 30.0 Å². The predicted octanol–water partition coefficient (Wildman–Crippen LogP) is 4.21. The number of fused-ring (bicyclic) bond motifs is 1. The maximum atomic E-state index is 12.9. The number of benzene rings is 2. The van der Waals surface area contributed by atoms with Crippen LogP contribution in [0, 0.1) is 13.8 Å². The van der Waals surface area contributed by atoms with Crippen molar-refractivity contribution in [3.05, 3.63) is 88.2 Å². The second-order valence-electron chi connectivity index (χ2n) is 6.65. The molecule has 4 nitrogen and oxygen atoms in total. The molecule has 0 spiro atoms. The van der Waals surface area contributed by atoms with E-state index in [4.69, 9.17) is 4.74 Å². The Morgan fingerprint density at radius 1 is 1.12 bits per heavy atom. The molecule has 0 radical (unpaired) electrons. The van der Waals surface area contributed by atoms with Gasteiger partial charge in [0.05, 0.1) is 18.3 Å². The fourth-order valence-corrected chi connectivity index (χ4v) is 3.25. The topological polar surface area (TPSA) is 44.1 Å². The minimum Gasteiger partial charge on any atom is -0.488 e. The summed E-state index contributed by atoms with van der Waals surface area (Å²) >= 11 is 0. The molecular formula is C22H20N2O2. The van der Waals surface area contributed by atoms with Crippen LogP contribution in [0.15, 0.2) is 60.4 Å². The highest BCUT2D eigenvalue weighted by Gasteiger charge is 2.26. The summed E-state index contributed by atoms with van der Waals surface area (Å²) in [6.45, 7) is 4.91. The smallest absolute Gasteiger partial charge is 0.196 e. The van der Waals surface area contributed by atoms with E-state index in [0.717, 1.165) is 16.7 Å². The van der Waals surface area contributed by atoms with Crippen LogP contribution in [0.4, 0.5) is 0 Å². The number of hydrogen-bond donors (Lipinski definition) is 0. The third kappa shape index (κ3) is 3.06. The van der Waals surface area contributed by atoms with Gasteiger partial charge in [-0.1, -0.05) is 42.5 Å². The summed E-state index contributed by atoms with van der Waals surface area (Å²) in [6.07, 6.45) is 5.61. The van der Waals surface area contributed by atoms with E-state index >= 15 is 0 Å². The van der Waals surface area contributed by atoms with Crippen molar-refractivity contribution in [1.29, 1.82) is 0 Å². The molecule has 0 amide bonds. The van der Waals surface area contributed by atoms with Crippen molar-refractivity contribution < 1.29 is 9.53 Å². The highest BCUT2D eigenvalue weighted by Crippen LogP contribution is 2.33. The zero-order valence-electron chi connectivity index (χ0n) is 14.9. The molecule has 4 heteroatoms. The molecule has 2 aromatic carbocycles. The van der Waals surface area contributed by atoms with Crippen molar-refractivity contribution in [2.75, 3.05) is 6.61 Å². The molecule has 130 valence electrons. The summed E-state index contributed by atoms with van der Waals surface area (Å²) in [6, 6.07) is 14.1. The zero-order valence-corrected chi connectivity index (χ0v) is 14.9. The molecule has 3 aromatic rings. The van der Waals surface area contributed by atoms with E-state index in [1.54, 1.807) is 6.20 Å². The van der Waals surface area contributed by atoms with Crippen molar-refractivity contribution in [2.45, 2.75) is 20.4 Å². The number of rotatable bonds is 3. The molecule has 4 rings (SSSR count). The number of Topliss-reactive ketones (excluding diaryl/α,β-unsaturated/α-hetero) is 1. The Labute approximate surface area is 152 Å². The van der Waals surface area contributed by atoms with E-state index in [1.807, 2.05) is 61.1 Å². The van der Waals surface area contributed by atoms with Crippen LogP contribution >= 0.6 is 0 Å². The van der Waals surface area contributed by atoms with Crippen LogP contribution in [-0.2, 0) is 6.54 Å². The lowest BCUT2D eigenvalue weighted by molar-refractivity contribution is 0.0999. The summed E-state index contributed by atoms with van der Waals surface area (Å²) < 4.78 is 7.75. The lowest BCUT2D eigenvalue weighted by atomic mass is 9.93. The fourth-order valence-electron chi connectivity index (χ4n) is 3.25. The lowest BCUT2D eigenvalue weighted by Crippen LogP contribution is -2.21. The van der Waals surface area contributed by atoms with E-state index in [-0.39, 0.29) is 5.78 Å². The summed E-state index contributed by atoms with van der Waals surface area (Å²) in [5, 5.41) is 4.40. The Kier molecular flexibility index (Phi) is 4.17. The van der Waals surface area contributed by atoms with Gasteiger partial charge < -0.3 is 4.74 Å². The monoisotopic (exact) mass is 344 g/mol. The molecule has 1 aliphatic rings. The van der Waals surface area contributed by atoms with Gasteiger partial charge in [-0.3, -0.25) is 9.48 Å². The molecule has 0 fully saturated rings. The first-order valence-corrected chi connectivity index (χ1v) is 8.66. The van der Waals surface area contributed by atoms with Gasteiger partial charge in [-0.15, -0.1) is 0 Å². The van der Waals surface area contributed by atoms with E-state index in [2.05, 4.69) is 17.2 Å². The standard InChI is InChI=1S/C22H20N2O2/c1-15-8-9-16(2)22-20(15)21(25)19(14-26-22)10-18-11-23-24(13-18)12-17-6-4-3-5-7-17/h3-11,13H,12,14H2,1-2H3/b19-10-. The first-order chi connectivity index (χ1) is 12.6. The minimum absolute atomic E-state index is 0.0447. The average molecular weight is 344 g/mol. The molecule has 2 heterocycles. The molecule has 0 N–H and O–H groups in total. The predicted molar refractivity (Wildman–Crippen MR) is 101 cm³/mol. The Morgan fingerprint density at radius 2 is 1.88 bits per heavy atom. The van der Waals surface area contributed by atoms with Crippen LogP contribution in [0.2, 0.25) is 0 Å². The molecule has 0 saturated carbocycles. The van der Waals surface area contributed by atoms with Crippen molar-refractivity contribution in [3.63, 3.8) is 0 Å². The average Bonchev–Trinajstić information content (AvgIpc) is 3.08. The van der Waals surface area contributed by atoms with Crippen LogP contribution in [0.3, 0.4) is 0 Å². The molecule has 0 saturated heterocycles. The number of ketones is 1. The number of carbonyl (C=O) groups is 1. The van der Waals surface area contributed by atoms with Gasteiger partial charge in [-0.2, -0.15) is 5.10 Å². The summed E-state index contributed by atoms with van der Waals surface area (Å²) in [5.41, 5.74) is 5.37. The molecule has 0 atom stereocenters. The number of carbonyl (C=O) groups excluding carboxylic acids is 1. The Hall–Kier alpha value is -3.14. The Balaban J connectivity index is 1.60. The third-order valence-corrected chi connectivity index (χ3v) is 4.64. The van der Waals surface area contributed by atoms with Gasteiger partial charge in [-0.25, -0.2) is 0 Å².